The standard InChI is InChI=1S/C24H29N7/c1-5-7-14-27-23-20(25-4)17(3)21(24(29-23)28-15-8-6-2)31-30-19-13-9-11-18-12-10-16-26-22(18)19/h9-13,16H,5-8,14-15H2,1-3H3,(H2,27,28,29). The van der Waals surface area contributed by atoms with Gasteiger partial charge < -0.3 is 10.6 Å². The van der Waals surface area contributed by atoms with Crippen molar-refractivity contribution in [1.29, 1.82) is 0 Å². The molecule has 0 atom stereocenters. The highest BCUT2D eigenvalue weighted by Crippen LogP contribution is 2.40. The first-order valence-corrected chi connectivity index (χ1v) is 10.8. The van der Waals surface area contributed by atoms with Crippen molar-refractivity contribution in [3.63, 3.8) is 0 Å². The van der Waals surface area contributed by atoms with Crippen LogP contribution in [-0.4, -0.2) is 23.1 Å². The van der Waals surface area contributed by atoms with Crippen LogP contribution in [0.4, 0.5) is 28.7 Å². The Bertz CT molecular complexity index is 1090. The third-order valence-electron chi connectivity index (χ3n) is 5.01. The minimum Gasteiger partial charge on any atom is -0.379 e. The molecule has 0 saturated carbocycles. The summed E-state index contributed by atoms with van der Waals surface area (Å²) < 4.78 is 0. The molecule has 0 radical (unpaired) electrons. The van der Waals surface area contributed by atoms with E-state index in [1.165, 1.54) is 0 Å². The summed E-state index contributed by atoms with van der Waals surface area (Å²) in [4.78, 5) is 12.9. The second kappa shape index (κ2) is 11.0. The van der Waals surface area contributed by atoms with Crippen molar-refractivity contribution in [2.45, 2.75) is 46.5 Å². The Balaban J connectivity index is 2.04. The van der Waals surface area contributed by atoms with E-state index in [0.717, 1.165) is 55.2 Å². The monoisotopic (exact) mass is 415 g/mol. The fraction of sp³-hybridized carbons (Fsp3) is 0.375. The minimum absolute atomic E-state index is 0.488. The predicted molar refractivity (Wildman–Crippen MR) is 128 cm³/mol. The van der Waals surface area contributed by atoms with Gasteiger partial charge >= 0.3 is 0 Å². The Morgan fingerprint density at radius 1 is 0.968 bits per heavy atom. The summed E-state index contributed by atoms with van der Waals surface area (Å²) in [6.07, 6.45) is 5.94. The Morgan fingerprint density at radius 3 is 2.39 bits per heavy atom. The smallest absolute Gasteiger partial charge is 0.233 e. The summed E-state index contributed by atoms with van der Waals surface area (Å²) >= 11 is 0. The molecule has 0 aliphatic rings. The third-order valence-corrected chi connectivity index (χ3v) is 5.01. The molecule has 0 aliphatic heterocycles. The van der Waals surface area contributed by atoms with Crippen LogP contribution in [0.2, 0.25) is 0 Å². The molecule has 0 bridgehead atoms. The SMILES string of the molecule is [C-]#[N+]c1c(NCCCC)nc(NCCCC)c(N=Nc2cccc3cccnc23)c1C. The van der Waals surface area contributed by atoms with Crippen LogP contribution in [0.5, 0.6) is 0 Å². The van der Waals surface area contributed by atoms with E-state index in [0.29, 0.717) is 28.7 Å². The lowest BCUT2D eigenvalue weighted by atomic mass is 10.2. The minimum atomic E-state index is 0.488. The number of hydrogen-bond acceptors (Lipinski definition) is 6. The van der Waals surface area contributed by atoms with E-state index >= 15 is 0 Å². The van der Waals surface area contributed by atoms with E-state index in [1.807, 2.05) is 37.3 Å². The lowest BCUT2D eigenvalue weighted by Gasteiger charge is -2.15. The zero-order valence-electron chi connectivity index (χ0n) is 18.4. The summed E-state index contributed by atoms with van der Waals surface area (Å²) in [5.74, 6) is 1.25. The van der Waals surface area contributed by atoms with Gasteiger partial charge in [0.1, 0.15) is 17.2 Å². The quantitative estimate of drug-likeness (QED) is 0.206. The number of azo groups is 1. The topological polar surface area (TPSA) is 78.9 Å². The molecule has 2 heterocycles. The Morgan fingerprint density at radius 2 is 1.68 bits per heavy atom. The highest BCUT2D eigenvalue weighted by atomic mass is 15.2. The number of pyridine rings is 2. The third kappa shape index (κ3) is 5.34. The highest BCUT2D eigenvalue weighted by molar-refractivity contribution is 5.88. The van der Waals surface area contributed by atoms with Crippen molar-refractivity contribution in [3.05, 3.63) is 53.5 Å². The number of aromatic nitrogens is 2. The summed E-state index contributed by atoms with van der Waals surface area (Å²) in [5, 5.41) is 16.7. The molecular weight excluding hydrogens is 386 g/mol. The molecule has 0 unspecified atom stereocenters. The van der Waals surface area contributed by atoms with Gasteiger partial charge in [-0.15, -0.1) is 10.2 Å². The van der Waals surface area contributed by atoms with Gasteiger partial charge in [0, 0.05) is 24.7 Å². The number of anilines is 2. The van der Waals surface area contributed by atoms with Crippen LogP contribution < -0.4 is 10.6 Å². The van der Waals surface area contributed by atoms with Crippen LogP contribution in [0.3, 0.4) is 0 Å². The zero-order chi connectivity index (χ0) is 22.1. The number of nitrogens with one attached hydrogen (secondary N) is 2. The van der Waals surface area contributed by atoms with E-state index in [2.05, 4.69) is 44.5 Å². The molecule has 3 rings (SSSR count). The van der Waals surface area contributed by atoms with Crippen LogP contribution in [0.1, 0.15) is 45.1 Å². The first kappa shape index (κ1) is 22.2. The van der Waals surface area contributed by atoms with Gasteiger partial charge in [-0.2, -0.15) is 0 Å². The van der Waals surface area contributed by atoms with E-state index in [1.54, 1.807) is 6.20 Å². The number of para-hydroxylation sites is 1. The molecule has 31 heavy (non-hydrogen) atoms. The molecule has 0 saturated heterocycles. The zero-order valence-corrected chi connectivity index (χ0v) is 18.4. The largest absolute Gasteiger partial charge is 0.379 e. The molecule has 0 aliphatic carbocycles. The lowest BCUT2D eigenvalue weighted by Crippen LogP contribution is -2.08. The second-order valence-corrected chi connectivity index (χ2v) is 7.36. The summed E-state index contributed by atoms with van der Waals surface area (Å²) in [6, 6.07) is 9.73. The van der Waals surface area contributed by atoms with Gasteiger partial charge in [0.25, 0.3) is 0 Å². The highest BCUT2D eigenvalue weighted by Gasteiger charge is 2.17. The molecule has 0 spiro atoms. The second-order valence-electron chi connectivity index (χ2n) is 7.36. The molecule has 1 aromatic carbocycles. The number of nitrogens with zero attached hydrogens (tertiary/aromatic N) is 5. The van der Waals surface area contributed by atoms with Gasteiger partial charge in [0.15, 0.2) is 5.82 Å². The first-order valence-electron chi connectivity index (χ1n) is 10.8. The average Bonchev–Trinajstić information content (AvgIpc) is 2.79. The van der Waals surface area contributed by atoms with Crippen molar-refractivity contribution in [1.82, 2.24) is 9.97 Å². The molecule has 2 N–H and O–H groups in total. The summed E-state index contributed by atoms with van der Waals surface area (Å²) in [6.45, 7) is 15.4. The number of hydrogen-bond donors (Lipinski definition) is 2. The molecule has 2 aromatic heterocycles. The maximum absolute atomic E-state index is 7.69. The van der Waals surface area contributed by atoms with E-state index in [4.69, 9.17) is 11.6 Å². The van der Waals surface area contributed by atoms with Gasteiger partial charge in [0.05, 0.1) is 12.1 Å². The average molecular weight is 416 g/mol. The maximum Gasteiger partial charge on any atom is 0.233 e. The van der Waals surface area contributed by atoms with Crippen LogP contribution in [0, 0.1) is 13.5 Å². The van der Waals surface area contributed by atoms with E-state index in [-0.39, 0.29) is 0 Å². The molecule has 0 fully saturated rings. The van der Waals surface area contributed by atoms with E-state index < -0.39 is 0 Å². The normalized spacial score (nSPS) is 11.0. The van der Waals surface area contributed by atoms with Gasteiger partial charge in [-0.3, -0.25) is 4.98 Å². The number of rotatable bonds is 10. The van der Waals surface area contributed by atoms with Crippen molar-refractivity contribution < 1.29 is 0 Å². The van der Waals surface area contributed by atoms with Crippen LogP contribution in [-0.2, 0) is 0 Å². The van der Waals surface area contributed by atoms with Gasteiger partial charge in [0.2, 0.25) is 5.69 Å². The van der Waals surface area contributed by atoms with Gasteiger partial charge in [-0.1, -0.05) is 44.9 Å². The van der Waals surface area contributed by atoms with Crippen molar-refractivity contribution >= 4 is 39.6 Å². The maximum atomic E-state index is 7.69. The molecule has 160 valence electrons. The Labute approximate surface area is 183 Å². The van der Waals surface area contributed by atoms with Gasteiger partial charge in [-0.25, -0.2) is 9.83 Å². The number of benzene rings is 1. The molecule has 3 aromatic rings. The van der Waals surface area contributed by atoms with E-state index in [9.17, 15) is 0 Å². The van der Waals surface area contributed by atoms with Crippen LogP contribution in [0.15, 0.2) is 46.8 Å². The molecular formula is C24H29N7. The first-order chi connectivity index (χ1) is 15.2. The summed E-state index contributed by atoms with van der Waals surface area (Å²) in [5.41, 5.74) is 3.33. The molecule has 7 heteroatoms. The fourth-order valence-corrected chi connectivity index (χ4v) is 3.23. The van der Waals surface area contributed by atoms with Crippen LogP contribution >= 0.6 is 0 Å². The number of unbranched alkanes of at least 4 members (excludes halogenated alkanes) is 2. The fourth-order valence-electron chi connectivity index (χ4n) is 3.23. The Hall–Kier alpha value is -3.53. The van der Waals surface area contributed by atoms with Crippen molar-refractivity contribution in [3.8, 4) is 0 Å². The van der Waals surface area contributed by atoms with Crippen molar-refractivity contribution in [2.75, 3.05) is 23.7 Å². The number of fused-ring (bicyclic) bond motifs is 1. The lowest BCUT2D eigenvalue weighted by molar-refractivity contribution is 0.825. The predicted octanol–water partition coefficient (Wildman–Crippen LogP) is 7.33. The van der Waals surface area contributed by atoms with Crippen molar-refractivity contribution in [2.24, 2.45) is 10.2 Å². The van der Waals surface area contributed by atoms with Crippen LogP contribution in [0.25, 0.3) is 15.7 Å². The van der Waals surface area contributed by atoms with Gasteiger partial charge in [-0.05, 0) is 37.5 Å². The molecule has 0 amide bonds. The summed E-state index contributed by atoms with van der Waals surface area (Å²) in [7, 11) is 0. The molecule has 7 nitrogen and oxygen atoms in total. The Kier molecular flexibility index (Phi) is 7.88.